The number of fused-ring (bicyclic) bond motifs is 1. The fourth-order valence-corrected chi connectivity index (χ4v) is 8.15. The number of hydrogen-bond donors (Lipinski definition) is 2. The molecule has 3 heterocycles. The quantitative estimate of drug-likeness (QED) is 0.350. The van der Waals surface area contributed by atoms with Crippen LogP contribution in [0.15, 0.2) is 81.1 Å². The molecule has 11 heteroatoms. The molecule has 0 amide bonds. The first-order valence-corrected chi connectivity index (χ1v) is 18.9. The number of guanidine groups is 1. The molecule has 9 nitrogen and oxygen atoms in total. The van der Waals surface area contributed by atoms with Gasteiger partial charge in [-0.25, -0.2) is 4.99 Å². The second-order valence-corrected chi connectivity index (χ2v) is 16.2. The number of amidine groups is 1. The van der Waals surface area contributed by atoms with Crippen LogP contribution in [0.2, 0.25) is 0 Å². The number of ether oxygens (including phenoxy) is 1. The summed E-state index contributed by atoms with van der Waals surface area (Å²) in [6.07, 6.45) is 13.2. The topological polar surface area (TPSA) is 98.6 Å². The number of nitrogens with one attached hydrogen (secondary N) is 2. The van der Waals surface area contributed by atoms with Crippen LogP contribution in [0, 0.1) is 0 Å². The molecule has 1 unspecified atom stereocenters. The van der Waals surface area contributed by atoms with E-state index < -0.39 is 7.01 Å². The maximum absolute atomic E-state index is 12.4. The van der Waals surface area contributed by atoms with Crippen LogP contribution in [0.1, 0.15) is 38.5 Å². The molecule has 6 rings (SSSR count). The van der Waals surface area contributed by atoms with Gasteiger partial charge in [0.2, 0.25) is 5.96 Å². The van der Waals surface area contributed by atoms with Gasteiger partial charge in [0, 0.05) is 36.5 Å². The van der Waals surface area contributed by atoms with Crippen LogP contribution in [-0.2, 0) is 7.01 Å². The molecule has 0 aromatic heterocycles. The Morgan fingerprint density at radius 2 is 1.76 bits per heavy atom. The number of likely N-dealkylation sites (tertiary alicyclic amines) is 1. The molecule has 2 fully saturated rings. The van der Waals surface area contributed by atoms with E-state index in [-0.39, 0.29) is 10.9 Å². The number of rotatable bonds is 6. The van der Waals surface area contributed by atoms with E-state index >= 15 is 0 Å². The summed E-state index contributed by atoms with van der Waals surface area (Å²) in [5.41, 5.74) is 3.35. The van der Waals surface area contributed by atoms with Gasteiger partial charge in [-0.3, -0.25) is 0 Å². The van der Waals surface area contributed by atoms with Crippen molar-refractivity contribution in [1.29, 1.82) is 0 Å². The normalized spacial score (nSPS) is 21.6. The summed E-state index contributed by atoms with van der Waals surface area (Å²) in [6, 6.07) is 13.7. The number of methoxy groups -OCH3 is 1. The Hall–Kier alpha value is -2.90. The molecule has 1 aliphatic carbocycles. The molecule has 0 spiro atoms. The van der Waals surface area contributed by atoms with E-state index in [9.17, 15) is 8.42 Å². The van der Waals surface area contributed by atoms with Gasteiger partial charge in [0.25, 0.3) is 0 Å². The largest absolute Gasteiger partial charge is 0.494 e. The second-order valence-electron chi connectivity index (χ2n) is 11.1. The molecule has 4 aliphatic rings. The fraction of sp³-hybridized carbons (Fsp3) is 0.419. The maximum Gasteiger partial charge on any atom is 0.404 e. The first-order chi connectivity index (χ1) is 20.4. The van der Waals surface area contributed by atoms with Crippen LogP contribution < -0.4 is 41.5 Å². The fourth-order valence-electron chi connectivity index (χ4n) is 6.27. The number of benzene rings is 2. The second kappa shape index (κ2) is 12.8. The molecule has 2 N–H and O–H groups in total. The lowest BCUT2D eigenvalue weighted by Gasteiger charge is -2.41. The van der Waals surface area contributed by atoms with Gasteiger partial charge >= 0.3 is 28.2 Å². The summed E-state index contributed by atoms with van der Waals surface area (Å²) in [4.78, 5) is 15.1. The van der Waals surface area contributed by atoms with E-state index in [1.54, 1.807) is 25.3 Å². The lowest BCUT2D eigenvalue weighted by Crippen LogP contribution is -3.36. The molecule has 2 aromatic rings. The first kappa shape index (κ1) is 29.2. The summed E-state index contributed by atoms with van der Waals surface area (Å²) in [6.45, 7) is 4.59. The Morgan fingerprint density at radius 1 is 0.976 bits per heavy atom. The average molecular weight is 702 g/mol. The predicted octanol–water partition coefficient (Wildman–Crippen LogP) is 1.67. The van der Waals surface area contributed by atoms with Crippen LogP contribution in [0.25, 0.3) is 0 Å². The third-order valence-electron chi connectivity index (χ3n) is 8.48. The van der Waals surface area contributed by atoms with Gasteiger partial charge in [0.05, 0.1) is 24.5 Å². The molecule has 42 heavy (non-hydrogen) atoms. The number of hydrogen-bond acceptors (Lipinski definition) is 9. The standard InChI is InChI=1S/C31H38IN6O3S/c1-41-28-21-23(38-19-15-22(16-20-38)37-17-7-2-8-18-37)13-14-26(28)35-31-34-25-10-4-3-9-24(25)30(36-31)33-27-11-5-6-12-29(27)42(32,39)40/h3-6,9,11-14,21-22,25,32H,2,7-8,10,15-20H2,1H3,(H2,33,34,35,36)/q+1. The van der Waals surface area contributed by atoms with Crippen molar-refractivity contribution in [3.63, 3.8) is 0 Å². The van der Waals surface area contributed by atoms with Crippen molar-refractivity contribution in [1.82, 2.24) is 4.90 Å². The van der Waals surface area contributed by atoms with Crippen molar-refractivity contribution in [3.8, 4) is 5.75 Å². The van der Waals surface area contributed by atoms with Crippen LogP contribution in [0.5, 0.6) is 5.75 Å². The van der Waals surface area contributed by atoms with Crippen LogP contribution >= 0.6 is 0 Å². The zero-order valence-electron chi connectivity index (χ0n) is 23.8. The highest BCUT2D eigenvalue weighted by Gasteiger charge is 2.29. The average Bonchev–Trinajstić information content (AvgIpc) is 3.01. The molecule has 0 radical (unpaired) electrons. The number of anilines is 3. The van der Waals surface area contributed by atoms with Crippen LogP contribution in [0.4, 0.5) is 17.1 Å². The molecule has 1 atom stereocenters. The van der Waals surface area contributed by atoms with Gasteiger partial charge in [-0.05, 0) is 69.5 Å². The number of allylic oxidation sites excluding steroid dienone is 2. The summed E-state index contributed by atoms with van der Waals surface area (Å²) in [7, 11) is -1.74. The minimum Gasteiger partial charge on any atom is -0.494 e. The number of para-hydroxylation sites is 1. The van der Waals surface area contributed by atoms with Crippen molar-refractivity contribution >= 4 is 35.9 Å². The third-order valence-corrected chi connectivity index (χ3v) is 10.9. The molecule has 222 valence electrons. The van der Waals surface area contributed by atoms with E-state index in [0.717, 1.165) is 63.4 Å². The van der Waals surface area contributed by atoms with Crippen molar-refractivity contribution < 1.29 is 34.4 Å². The molecule has 2 aromatic carbocycles. The summed E-state index contributed by atoms with van der Waals surface area (Å²) >= 11 is 1.13. The zero-order valence-corrected chi connectivity index (χ0v) is 27.0. The van der Waals surface area contributed by atoms with E-state index in [2.05, 4.69) is 38.6 Å². The van der Waals surface area contributed by atoms with Crippen molar-refractivity contribution in [2.75, 3.05) is 48.8 Å². The van der Waals surface area contributed by atoms with Crippen molar-refractivity contribution in [3.05, 3.63) is 66.3 Å². The summed E-state index contributed by atoms with van der Waals surface area (Å²) < 4.78 is 30.7. The van der Waals surface area contributed by atoms with Gasteiger partial charge in [-0.2, -0.15) is 13.4 Å². The van der Waals surface area contributed by atoms with E-state index in [4.69, 9.17) is 14.7 Å². The van der Waals surface area contributed by atoms with Crippen LogP contribution in [-0.4, -0.2) is 70.5 Å². The van der Waals surface area contributed by atoms with Gasteiger partial charge in [-0.1, -0.05) is 36.8 Å². The highest BCUT2D eigenvalue weighted by atomic mass is 127. The molecule has 0 bridgehead atoms. The first-order valence-electron chi connectivity index (χ1n) is 14.7. The SMILES string of the molecule is COc1cc(N2CCC(N3CCCCC3)CC2)ccc1NC1=NC2CC=CC=C2C(Nc2ccccc2S(=O)(=O)[IH+])=N1. The molecular formula is C31H38IN6O3S+. The molecular weight excluding hydrogens is 663 g/mol. The van der Waals surface area contributed by atoms with Gasteiger partial charge in [0.1, 0.15) is 16.5 Å². The zero-order chi connectivity index (χ0) is 29.1. The van der Waals surface area contributed by atoms with Gasteiger partial charge in [0.15, 0.2) is 0 Å². The lowest BCUT2D eigenvalue weighted by molar-refractivity contribution is -0.164. The minimum absolute atomic E-state index is 0.130. The Morgan fingerprint density at radius 3 is 2.52 bits per heavy atom. The smallest absolute Gasteiger partial charge is 0.404 e. The van der Waals surface area contributed by atoms with Crippen LogP contribution in [0.3, 0.4) is 0 Å². The Balaban J connectivity index is 1.20. The van der Waals surface area contributed by atoms with E-state index in [1.165, 1.54) is 45.2 Å². The van der Waals surface area contributed by atoms with Gasteiger partial charge in [-0.15, -0.1) is 0 Å². The third kappa shape index (κ3) is 6.52. The predicted molar refractivity (Wildman–Crippen MR) is 166 cm³/mol. The highest BCUT2D eigenvalue weighted by molar-refractivity contribution is 7.84. The number of aliphatic imine (C=N–C) groups is 2. The van der Waals surface area contributed by atoms with E-state index in [1.807, 2.05) is 24.3 Å². The van der Waals surface area contributed by atoms with E-state index in [0.29, 0.717) is 23.5 Å². The molecule has 0 saturated carbocycles. The Kier molecular flexibility index (Phi) is 8.87. The maximum atomic E-state index is 12.4. The monoisotopic (exact) mass is 701 g/mol. The molecule has 2 saturated heterocycles. The number of halogens is 1. The van der Waals surface area contributed by atoms with Gasteiger partial charge < -0.3 is 25.2 Å². The number of piperidine rings is 2. The molecule has 3 aliphatic heterocycles. The lowest BCUT2D eigenvalue weighted by atomic mass is 9.97. The van der Waals surface area contributed by atoms with Crippen molar-refractivity contribution in [2.24, 2.45) is 9.98 Å². The highest BCUT2D eigenvalue weighted by Crippen LogP contribution is 2.33. The minimum atomic E-state index is -3.42. The Bertz CT molecular complexity index is 1540. The Labute approximate surface area is 260 Å². The summed E-state index contributed by atoms with van der Waals surface area (Å²) in [5, 5.41) is 6.66. The summed E-state index contributed by atoms with van der Waals surface area (Å²) in [5.74, 6) is 1.75. The number of nitrogens with zero attached hydrogens (tertiary/aromatic N) is 4. The van der Waals surface area contributed by atoms with Crippen molar-refractivity contribution in [2.45, 2.75) is 55.5 Å².